The van der Waals surface area contributed by atoms with Gasteiger partial charge in [-0.1, -0.05) is 0 Å². The molecule has 2 aliphatic rings. The smallest absolute Gasteiger partial charge is 0.417 e. The van der Waals surface area contributed by atoms with Gasteiger partial charge in [-0.15, -0.1) is 0 Å². The molecule has 0 unspecified atom stereocenters. The van der Waals surface area contributed by atoms with Gasteiger partial charge in [-0.2, -0.15) is 8.78 Å². The lowest BCUT2D eigenvalue weighted by atomic mass is 9.77. The molecule has 1 aromatic rings. The fraction of sp³-hybridized carbons (Fsp3) is 0.714. The van der Waals surface area contributed by atoms with Gasteiger partial charge in [-0.25, -0.2) is 9.97 Å². The summed E-state index contributed by atoms with van der Waals surface area (Å²) < 4.78 is 41.8. The molecule has 1 aliphatic heterocycles. The topological polar surface area (TPSA) is 53.5 Å². The maximum Gasteiger partial charge on any atom is 0.502 e. The van der Waals surface area contributed by atoms with Crippen LogP contribution in [0.1, 0.15) is 52.1 Å². The highest BCUT2D eigenvalue weighted by atomic mass is 19.3. The van der Waals surface area contributed by atoms with Crippen LogP contribution in [0.25, 0.3) is 0 Å². The lowest BCUT2D eigenvalue weighted by Crippen LogP contribution is -2.41. The third-order valence-corrected chi connectivity index (χ3v) is 4.53. The van der Waals surface area contributed by atoms with E-state index in [2.05, 4.69) is 14.7 Å². The number of halogens is 2. The molecule has 0 amide bonds. The summed E-state index contributed by atoms with van der Waals surface area (Å²) in [6.07, 6.45) is 3.19. The summed E-state index contributed by atoms with van der Waals surface area (Å²) >= 11 is 0. The van der Waals surface area contributed by atoms with E-state index in [-0.39, 0.29) is 11.8 Å². The maximum atomic E-state index is 12.7. The third-order valence-electron chi connectivity index (χ3n) is 4.53. The summed E-state index contributed by atoms with van der Waals surface area (Å²) in [5, 5.41) is 0. The minimum absolute atomic E-state index is 0.162. The minimum Gasteiger partial charge on any atom is -0.417 e. The third kappa shape index (κ3) is 2.69. The molecule has 2 fully saturated rings. The number of ether oxygens (including phenoxy) is 1. The highest BCUT2D eigenvalue weighted by molar-refractivity contribution is 6.63. The van der Waals surface area contributed by atoms with E-state index in [4.69, 9.17) is 9.31 Å². The molecule has 1 aromatic heterocycles. The van der Waals surface area contributed by atoms with Crippen LogP contribution in [-0.4, -0.2) is 34.9 Å². The van der Waals surface area contributed by atoms with Crippen LogP contribution in [-0.2, 0) is 9.31 Å². The van der Waals surface area contributed by atoms with Crippen LogP contribution in [0.15, 0.2) is 6.33 Å². The quantitative estimate of drug-likeness (QED) is 0.798. The predicted molar refractivity (Wildman–Crippen MR) is 76.4 cm³/mol. The molecule has 1 aliphatic carbocycles. The fourth-order valence-corrected chi connectivity index (χ4v) is 2.44. The molecule has 0 N–H and O–H groups in total. The number of hydrogen-bond donors (Lipinski definition) is 0. The zero-order valence-corrected chi connectivity index (χ0v) is 13.1. The summed E-state index contributed by atoms with van der Waals surface area (Å²) in [7, 11) is -0.810. The molecule has 0 radical (unpaired) electrons. The van der Waals surface area contributed by atoms with Gasteiger partial charge < -0.3 is 14.0 Å². The molecule has 5 nitrogen and oxygen atoms in total. The van der Waals surface area contributed by atoms with Crippen molar-refractivity contribution in [1.29, 1.82) is 0 Å². The van der Waals surface area contributed by atoms with E-state index in [9.17, 15) is 8.78 Å². The Labute approximate surface area is 128 Å². The van der Waals surface area contributed by atoms with Gasteiger partial charge in [0.05, 0.1) is 22.4 Å². The molecule has 1 saturated heterocycles. The largest absolute Gasteiger partial charge is 0.502 e. The Balaban J connectivity index is 2.01. The predicted octanol–water partition coefficient (Wildman–Crippen LogP) is 2.25. The second kappa shape index (κ2) is 5.13. The first kappa shape index (κ1) is 15.6. The highest BCUT2D eigenvalue weighted by Gasteiger charge is 2.54. The molecule has 8 heteroatoms. The lowest BCUT2D eigenvalue weighted by molar-refractivity contribution is -0.0523. The monoisotopic (exact) mass is 312 g/mol. The van der Waals surface area contributed by atoms with Gasteiger partial charge in [-0.3, -0.25) is 0 Å². The lowest BCUT2D eigenvalue weighted by Gasteiger charge is -2.32. The van der Waals surface area contributed by atoms with Crippen molar-refractivity contribution in [2.75, 3.05) is 0 Å². The van der Waals surface area contributed by atoms with Crippen LogP contribution in [0, 0.1) is 0 Å². The molecule has 1 saturated carbocycles. The first-order chi connectivity index (χ1) is 10.2. The summed E-state index contributed by atoms with van der Waals surface area (Å²) in [4.78, 5) is 8.11. The Morgan fingerprint density at radius 1 is 1.18 bits per heavy atom. The van der Waals surface area contributed by atoms with E-state index in [1.54, 1.807) is 0 Å². The molecule has 2 heterocycles. The van der Waals surface area contributed by atoms with Gasteiger partial charge >= 0.3 is 13.7 Å². The summed E-state index contributed by atoms with van der Waals surface area (Å²) in [5.41, 5.74) is -0.0690. The number of rotatable bonds is 4. The first-order valence-electron chi connectivity index (χ1n) is 7.36. The van der Waals surface area contributed by atoms with Gasteiger partial charge in [0, 0.05) is 5.92 Å². The number of aromatic nitrogens is 2. The van der Waals surface area contributed by atoms with Gasteiger partial charge in [0.25, 0.3) is 0 Å². The minimum atomic E-state index is -2.96. The summed E-state index contributed by atoms with van der Waals surface area (Å²) in [6, 6.07) is 0. The van der Waals surface area contributed by atoms with Crippen molar-refractivity contribution in [2.24, 2.45) is 0 Å². The normalized spacial score (nSPS) is 23.1. The van der Waals surface area contributed by atoms with E-state index in [1.807, 2.05) is 27.7 Å². The molecule has 0 spiro atoms. The van der Waals surface area contributed by atoms with E-state index in [1.165, 1.54) is 6.33 Å². The average molecular weight is 312 g/mol. The summed E-state index contributed by atoms with van der Waals surface area (Å²) in [5.74, 6) is 0.0717. The number of nitrogens with zero attached hydrogens (tertiary/aromatic N) is 2. The van der Waals surface area contributed by atoms with Crippen molar-refractivity contribution in [3.05, 3.63) is 12.0 Å². The Kier molecular flexibility index (Phi) is 3.64. The van der Waals surface area contributed by atoms with Crippen molar-refractivity contribution in [2.45, 2.75) is 64.3 Å². The average Bonchev–Trinajstić information content (AvgIpc) is 3.17. The number of alkyl halides is 2. The zero-order chi connectivity index (χ0) is 16.1. The second-order valence-corrected chi connectivity index (χ2v) is 6.72. The van der Waals surface area contributed by atoms with Crippen LogP contribution in [0.4, 0.5) is 8.78 Å². The van der Waals surface area contributed by atoms with E-state index in [0.717, 1.165) is 12.8 Å². The Morgan fingerprint density at radius 2 is 1.77 bits per heavy atom. The van der Waals surface area contributed by atoms with Crippen molar-refractivity contribution in [3.8, 4) is 5.88 Å². The Morgan fingerprint density at radius 3 is 2.27 bits per heavy atom. The number of hydrogen-bond acceptors (Lipinski definition) is 5. The van der Waals surface area contributed by atoms with Crippen LogP contribution in [0.5, 0.6) is 5.88 Å². The zero-order valence-electron chi connectivity index (χ0n) is 13.1. The first-order valence-corrected chi connectivity index (χ1v) is 7.36. The molecule has 3 rings (SSSR count). The standard InChI is InChI=1S/C14H19BF2N2O3/c1-13(2)14(3,4)22-15(21-13)9-10(8-5-6-8)18-7-19-11(9)20-12(16)17/h7-8,12H,5-6H2,1-4H3. The second-order valence-electron chi connectivity index (χ2n) is 6.72. The van der Waals surface area contributed by atoms with Gasteiger partial charge in [0.15, 0.2) is 0 Å². The highest BCUT2D eigenvalue weighted by Crippen LogP contribution is 2.41. The fourth-order valence-electron chi connectivity index (χ4n) is 2.44. The Bertz CT molecular complexity index is 563. The molecule has 0 aromatic carbocycles. The Hall–Kier alpha value is -1.28. The molecular formula is C14H19BF2N2O3. The van der Waals surface area contributed by atoms with Crippen molar-refractivity contribution < 1.29 is 22.8 Å². The van der Waals surface area contributed by atoms with Gasteiger partial charge in [-0.05, 0) is 40.5 Å². The maximum absolute atomic E-state index is 12.7. The van der Waals surface area contributed by atoms with Crippen molar-refractivity contribution in [3.63, 3.8) is 0 Å². The molecule has 22 heavy (non-hydrogen) atoms. The molecule has 0 bridgehead atoms. The van der Waals surface area contributed by atoms with Crippen LogP contribution < -0.4 is 10.2 Å². The van der Waals surface area contributed by atoms with Crippen LogP contribution in [0.2, 0.25) is 0 Å². The summed E-state index contributed by atoms with van der Waals surface area (Å²) in [6.45, 7) is 4.66. The van der Waals surface area contributed by atoms with Crippen LogP contribution in [0.3, 0.4) is 0 Å². The van der Waals surface area contributed by atoms with E-state index in [0.29, 0.717) is 11.2 Å². The van der Waals surface area contributed by atoms with Gasteiger partial charge in [0.2, 0.25) is 5.88 Å². The molecule has 120 valence electrons. The van der Waals surface area contributed by atoms with Gasteiger partial charge in [0.1, 0.15) is 6.33 Å². The van der Waals surface area contributed by atoms with Crippen LogP contribution >= 0.6 is 0 Å². The SMILES string of the molecule is CC1(C)OB(c2c(OC(F)F)ncnc2C2CC2)OC1(C)C. The van der Waals surface area contributed by atoms with E-state index < -0.39 is 24.9 Å². The molecule has 0 atom stereocenters. The van der Waals surface area contributed by atoms with Crippen molar-refractivity contribution >= 4 is 12.6 Å². The molecular weight excluding hydrogens is 293 g/mol. The van der Waals surface area contributed by atoms with E-state index >= 15 is 0 Å². The van der Waals surface area contributed by atoms with Crippen molar-refractivity contribution in [1.82, 2.24) is 9.97 Å².